The van der Waals surface area contributed by atoms with E-state index in [0.29, 0.717) is 17.4 Å². The molecule has 1 fully saturated rings. The molecule has 0 radical (unpaired) electrons. The van der Waals surface area contributed by atoms with E-state index in [9.17, 15) is 9.90 Å². The summed E-state index contributed by atoms with van der Waals surface area (Å²) in [5.74, 6) is 0.473. The molecular formula is C18H20N4O3. The number of hydrogen-bond donors (Lipinski definition) is 3. The van der Waals surface area contributed by atoms with Crippen molar-refractivity contribution in [3.05, 3.63) is 40.4 Å². The first-order valence-corrected chi connectivity index (χ1v) is 8.46. The van der Waals surface area contributed by atoms with Gasteiger partial charge in [0.1, 0.15) is 5.75 Å². The number of aromatic amines is 2. The Bertz CT molecular complexity index is 937. The van der Waals surface area contributed by atoms with Crippen molar-refractivity contribution < 1.29 is 9.84 Å². The molecular weight excluding hydrogens is 320 g/mol. The van der Waals surface area contributed by atoms with Gasteiger partial charge in [0.15, 0.2) is 11.3 Å². The lowest BCUT2D eigenvalue weighted by atomic mass is 9.83. The molecule has 3 aromatic rings. The van der Waals surface area contributed by atoms with Gasteiger partial charge < -0.3 is 9.84 Å². The molecule has 25 heavy (non-hydrogen) atoms. The van der Waals surface area contributed by atoms with Crippen LogP contribution in [0.2, 0.25) is 0 Å². The van der Waals surface area contributed by atoms with Crippen LogP contribution < -0.4 is 5.69 Å². The monoisotopic (exact) mass is 340 g/mol. The van der Waals surface area contributed by atoms with Crippen molar-refractivity contribution in [1.29, 1.82) is 0 Å². The number of rotatable bonds is 3. The van der Waals surface area contributed by atoms with Gasteiger partial charge in [-0.15, -0.1) is 0 Å². The lowest BCUT2D eigenvalue weighted by molar-refractivity contribution is 0.0655. The highest BCUT2D eigenvalue weighted by molar-refractivity contribution is 5.73. The molecule has 1 aromatic carbocycles. The summed E-state index contributed by atoms with van der Waals surface area (Å²) in [6.07, 6.45) is 4.22. The van der Waals surface area contributed by atoms with E-state index in [1.54, 1.807) is 19.2 Å². The third-order valence-electron chi connectivity index (χ3n) is 4.92. The number of phenols is 1. The van der Waals surface area contributed by atoms with Crippen LogP contribution in [0.5, 0.6) is 5.75 Å². The van der Waals surface area contributed by atoms with Crippen LogP contribution in [0.1, 0.15) is 37.3 Å². The molecule has 3 N–H and O–H groups in total. The van der Waals surface area contributed by atoms with E-state index in [1.807, 2.05) is 12.1 Å². The Hall–Kier alpha value is -2.67. The van der Waals surface area contributed by atoms with Crippen LogP contribution >= 0.6 is 0 Å². The van der Waals surface area contributed by atoms with Gasteiger partial charge in [0.25, 0.3) is 0 Å². The van der Waals surface area contributed by atoms with E-state index < -0.39 is 0 Å². The van der Waals surface area contributed by atoms with Crippen molar-refractivity contribution in [3.8, 4) is 17.0 Å². The third-order valence-corrected chi connectivity index (χ3v) is 4.92. The van der Waals surface area contributed by atoms with Gasteiger partial charge in [0, 0.05) is 18.6 Å². The maximum Gasteiger partial charge on any atom is 0.326 e. The average molecular weight is 340 g/mol. The largest absolute Gasteiger partial charge is 0.508 e. The topological polar surface area (TPSA) is 104 Å². The Kier molecular flexibility index (Phi) is 4.01. The molecule has 2 aromatic heterocycles. The number of nitrogens with zero attached hydrogens (tertiary/aromatic N) is 2. The number of aromatic hydroxyl groups is 1. The standard InChI is InChI=1S/C18H20N4O3/c1-25-13-8-4-11(5-9-13)15-14(10-2-6-12(23)7-3-10)19-16-17(20-15)22-18(24)21-16/h2-3,6-7,11,13,23H,4-5,8-9H2,1H3,(H2,19,20,21,22,24). The molecule has 0 atom stereocenters. The number of H-pyrrole nitrogens is 2. The van der Waals surface area contributed by atoms with Gasteiger partial charge in [-0.3, -0.25) is 9.97 Å². The van der Waals surface area contributed by atoms with E-state index in [0.717, 1.165) is 42.6 Å². The maximum atomic E-state index is 11.6. The molecule has 2 heterocycles. The Balaban J connectivity index is 1.81. The summed E-state index contributed by atoms with van der Waals surface area (Å²) in [4.78, 5) is 26.3. The first kappa shape index (κ1) is 15.8. The lowest BCUT2D eigenvalue weighted by Crippen LogP contribution is -2.20. The van der Waals surface area contributed by atoms with Crippen LogP contribution in [-0.4, -0.2) is 38.3 Å². The summed E-state index contributed by atoms with van der Waals surface area (Å²) in [5.41, 5.74) is 3.13. The van der Waals surface area contributed by atoms with Gasteiger partial charge in [-0.1, -0.05) is 0 Å². The molecule has 1 aliphatic carbocycles. The van der Waals surface area contributed by atoms with Crippen LogP contribution in [0.4, 0.5) is 0 Å². The number of benzene rings is 1. The Morgan fingerprint density at radius 2 is 1.68 bits per heavy atom. The van der Waals surface area contributed by atoms with Crippen molar-refractivity contribution >= 4 is 11.3 Å². The van der Waals surface area contributed by atoms with Gasteiger partial charge >= 0.3 is 5.69 Å². The van der Waals surface area contributed by atoms with Gasteiger partial charge in [0.2, 0.25) is 0 Å². The fourth-order valence-electron chi connectivity index (χ4n) is 3.56. The Labute approximate surface area is 144 Å². The number of methoxy groups -OCH3 is 1. The van der Waals surface area contributed by atoms with Gasteiger partial charge in [0.05, 0.1) is 17.5 Å². The molecule has 0 aliphatic heterocycles. The van der Waals surface area contributed by atoms with E-state index in [1.165, 1.54) is 0 Å². The highest BCUT2D eigenvalue weighted by Gasteiger charge is 2.27. The minimum Gasteiger partial charge on any atom is -0.508 e. The second-order valence-electron chi connectivity index (χ2n) is 6.49. The Morgan fingerprint density at radius 1 is 1.04 bits per heavy atom. The predicted molar refractivity (Wildman–Crippen MR) is 93.6 cm³/mol. The molecule has 7 nitrogen and oxygen atoms in total. The normalized spacial score (nSPS) is 20.8. The van der Waals surface area contributed by atoms with E-state index in [-0.39, 0.29) is 17.4 Å². The number of phenolic OH excluding ortho intramolecular Hbond substituents is 1. The molecule has 0 bridgehead atoms. The van der Waals surface area contributed by atoms with Crippen molar-refractivity contribution in [2.45, 2.75) is 37.7 Å². The number of aromatic nitrogens is 4. The number of imidazole rings is 1. The zero-order valence-corrected chi connectivity index (χ0v) is 14.0. The average Bonchev–Trinajstić information content (AvgIpc) is 3.00. The fraction of sp³-hybridized carbons (Fsp3) is 0.389. The molecule has 4 rings (SSSR count). The van der Waals surface area contributed by atoms with Gasteiger partial charge in [-0.25, -0.2) is 14.8 Å². The van der Waals surface area contributed by atoms with Gasteiger partial charge in [-0.2, -0.15) is 0 Å². The fourth-order valence-corrected chi connectivity index (χ4v) is 3.56. The zero-order valence-electron chi connectivity index (χ0n) is 14.0. The summed E-state index contributed by atoms with van der Waals surface area (Å²) in [6, 6.07) is 6.90. The molecule has 1 aliphatic rings. The Morgan fingerprint density at radius 3 is 2.32 bits per heavy atom. The van der Waals surface area contributed by atoms with Crippen LogP contribution in [0.15, 0.2) is 29.1 Å². The minimum absolute atomic E-state index is 0.204. The predicted octanol–water partition coefficient (Wildman–Crippen LogP) is 2.69. The number of nitrogens with one attached hydrogen (secondary N) is 2. The second kappa shape index (κ2) is 6.33. The van der Waals surface area contributed by atoms with E-state index >= 15 is 0 Å². The maximum absolute atomic E-state index is 11.6. The van der Waals surface area contributed by atoms with Gasteiger partial charge in [-0.05, 0) is 49.9 Å². The van der Waals surface area contributed by atoms with Crippen LogP contribution in [-0.2, 0) is 4.74 Å². The SMILES string of the molecule is COC1CCC(c2nc3[nH]c(=O)[nH]c3nc2-c2ccc(O)cc2)CC1. The minimum atomic E-state index is -0.313. The quantitative estimate of drug-likeness (QED) is 0.680. The first-order chi connectivity index (χ1) is 12.1. The summed E-state index contributed by atoms with van der Waals surface area (Å²) >= 11 is 0. The lowest BCUT2D eigenvalue weighted by Gasteiger charge is -2.28. The molecule has 0 spiro atoms. The summed E-state index contributed by atoms with van der Waals surface area (Å²) < 4.78 is 5.46. The molecule has 7 heteroatoms. The van der Waals surface area contributed by atoms with E-state index in [2.05, 4.69) is 15.0 Å². The third kappa shape index (κ3) is 3.02. The van der Waals surface area contributed by atoms with Crippen LogP contribution in [0.3, 0.4) is 0 Å². The molecule has 0 saturated heterocycles. The highest BCUT2D eigenvalue weighted by Crippen LogP contribution is 2.37. The zero-order chi connectivity index (χ0) is 17.4. The van der Waals surface area contributed by atoms with E-state index in [4.69, 9.17) is 9.72 Å². The number of fused-ring (bicyclic) bond motifs is 1. The van der Waals surface area contributed by atoms with Crippen molar-refractivity contribution in [2.75, 3.05) is 7.11 Å². The second-order valence-corrected chi connectivity index (χ2v) is 6.49. The molecule has 1 saturated carbocycles. The highest BCUT2D eigenvalue weighted by atomic mass is 16.5. The smallest absolute Gasteiger partial charge is 0.326 e. The van der Waals surface area contributed by atoms with Crippen molar-refractivity contribution in [1.82, 2.24) is 19.9 Å². The number of hydrogen-bond acceptors (Lipinski definition) is 5. The summed E-state index contributed by atoms with van der Waals surface area (Å²) in [7, 11) is 1.75. The summed E-state index contributed by atoms with van der Waals surface area (Å²) in [6.45, 7) is 0. The van der Waals surface area contributed by atoms with Crippen molar-refractivity contribution in [3.63, 3.8) is 0 Å². The number of ether oxygens (including phenoxy) is 1. The first-order valence-electron chi connectivity index (χ1n) is 8.46. The molecule has 130 valence electrons. The van der Waals surface area contributed by atoms with Crippen molar-refractivity contribution in [2.24, 2.45) is 0 Å². The molecule has 0 unspecified atom stereocenters. The van der Waals surface area contributed by atoms with Crippen LogP contribution in [0.25, 0.3) is 22.6 Å². The molecule has 0 amide bonds. The van der Waals surface area contributed by atoms with Crippen LogP contribution in [0, 0.1) is 0 Å². The summed E-state index contributed by atoms with van der Waals surface area (Å²) in [5, 5.41) is 9.55.